The molecule has 1 rings (SSSR count). The summed E-state index contributed by atoms with van der Waals surface area (Å²) in [5.41, 5.74) is 1.31. The fraction of sp³-hybridized carbons (Fsp3) is 0.846. The van der Waals surface area contributed by atoms with E-state index < -0.39 is 0 Å². The topological polar surface area (TPSA) is 15.3 Å². The molecule has 0 aromatic carbocycles. The predicted octanol–water partition coefficient (Wildman–Crippen LogP) is 2.13. The smallest absolute Gasteiger partial charge is 0.0203 e. The van der Waals surface area contributed by atoms with Crippen molar-refractivity contribution in [3.05, 3.63) is 12.2 Å². The summed E-state index contributed by atoms with van der Waals surface area (Å²) in [5, 5.41) is 3.42. The van der Waals surface area contributed by atoms with Crippen molar-refractivity contribution in [1.29, 1.82) is 0 Å². The minimum absolute atomic E-state index is 0.554. The van der Waals surface area contributed by atoms with E-state index in [-0.39, 0.29) is 0 Å². The van der Waals surface area contributed by atoms with Crippen LogP contribution in [0.5, 0.6) is 0 Å². The maximum Gasteiger partial charge on any atom is 0.0203 e. The molecule has 2 atom stereocenters. The highest BCUT2D eigenvalue weighted by atomic mass is 15.2. The second kappa shape index (κ2) is 5.66. The van der Waals surface area contributed by atoms with E-state index in [1.807, 2.05) is 0 Å². The third kappa shape index (κ3) is 4.35. The molecular formula is C13H26N2. The Kier molecular flexibility index (Phi) is 4.81. The van der Waals surface area contributed by atoms with Crippen molar-refractivity contribution in [1.82, 2.24) is 10.2 Å². The molecule has 1 fully saturated rings. The molecule has 0 aromatic rings. The Hall–Kier alpha value is -0.340. The van der Waals surface area contributed by atoms with E-state index in [4.69, 9.17) is 0 Å². The number of hydrogen-bond acceptors (Lipinski definition) is 2. The van der Waals surface area contributed by atoms with E-state index in [1.165, 1.54) is 18.7 Å². The lowest BCUT2D eigenvalue weighted by Crippen LogP contribution is -2.30. The van der Waals surface area contributed by atoms with Gasteiger partial charge in [-0.1, -0.05) is 34.3 Å². The fourth-order valence-corrected chi connectivity index (χ4v) is 2.10. The summed E-state index contributed by atoms with van der Waals surface area (Å²) < 4.78 is 0. The molecule has 2 unspecified atom stereocenters. The van der Waals surface area contributed by atoms with Gasteiger partial charge in [-0.05, 0) is 17.4 Å². The van der Waals surface area contributed by atoms with Crippen molar-refractivity contribution >= 4 is 0 Å². The normalized spacial score (nSPS) is 27.5. The van der Waals surface area contributed by atoms with Crippen molar-refractivity contribution in [3.8, 4) is 0 Å². The highest BCUT2D eigenvalue weighted by Crippen LogP contribution is 2.22. The molecule has 15 heavy (non-hydrogen) atoms. The molecule has 1 saturated heterocycles. The van der Waals surface area contributed by atoms with Crippen molar-refractivity contribution in [3.63, 3.8) is 0 Å². The van der Waals surface area contributed by atoms with Crippen LogP contribution in [0.3, 0.4) is 0 Å². The molecule has 0 aromatic heterocycles. The largest absolute Gasteiger partial charge is 0.311 e. The van der Waals surface area contributed by atoms with Gasteiger partial charge in [0.05, 0.1) is 0 Å². The SMILES string of the molecule is C=C(CNC(C)C)CN1CC(C)C(C)C1. The molecule has 2 nitrogen and oxygen atoms in total. The Morgan fingerprint density at radius 3 is 2.33 bits per heavy atom. The molecule has 0 amide bonds. The van der Waals surface area contributed by atoms with Gasteiger partial charge >= 0.3 is 0 Å². The first-order chi connectivity index (χ1) is 6.99. The van der Waals surface area contributed by atoms with Gasteiger partial charge in [0.25, 0.3) is 0 Å². The van der Waals surface area contributed by atoms with Gasteiger partial charge in [0.1, 0.15) is 0 Å². The zero-order valence-electron chi connectivity index (χ0n) is 10.7. The molecule has 1 aliphatic heterocycles. The number of hydrogen-bond donors (Lipinski definition) is 1. The van der Waals surface area contributed by atoms with Gasteiger partial charge in [-0.25, -0.2) is 0 Å². The molecule has 0 saturated carbocycles. The lowest BCUT2D eigenvalue weighted by molar-refractivity contribution is 0.348. The van der Waals surface area contributed by atoms with Crippen LogP contribution in [0.2, 0.25) is 0 Å². The van der Waals surface area contributed by atoms with Gasteiger partial charge in [-0.15, -0.1) is 0 Å². The Morgan fingerprint density at radius 1 is 1.33 bits per heavy atom. The van der Waals surface area contributed by atoms with Gasteiger partial charge in [0.15, 0.2) is 0 Å². The summed E-state index contributed by atoms with van der Waals surface area (Å²) in [6.07, 6.45) is 0. The molecule has 1 N–H and O–H groups in total. The number of nitrogens with one attached hydrogen (secondary N) is 1. The molecule has 0 spiro atoms. The zero-order chi connectivity index (χ0) is 11.4. The van der Waals surface area contributed by atoms with Crippen LogP contribution in [-0.2, 0) is 0 Å². The first-order valence-electron chi connectivity index (χ1n) is 6.11. The maximum absolute atomic E-state index is 4.14. The molecular weight excluding hydrogens is 184 g/mol. The van der Waals surface area contributed by atoms with E-state index in [2.05, 4.69) is 44.5 Å². The van der Waals surface area contributed by atoms with Gasteiger partial charge in [0, 0.05) is 32.2 Å². The van der Waals surface area contributed by atoms with E-state index in [0.717, 1.165) is 24.9 Å². The van der Waals surface area contributed by atoms with Crippen LogP contribution in [-0.4, -0.2) is 37.1 Å². The summed E-state index contributed by atoms with van der Waals surface area (Å²) in [6.45, 7) is 17.7. The second-order valence-corrected chi connectivity index (χ2v) is 5.43. The monoisotopic (exact) mass is 210 g/mol. The fourth-order valence-electron chi connectivity index (χ4n) is 2.10. The molecule has 2 heteroatoms. The molecule has 0 bridgehead atoms. The quantitative estimate of drug-likeness (QED) is 0.699. The maximum atomic E-state index is 4.14. The van der Waals surface area contributed by atoms with Crippen LogP contribution in [0.15, 0.2) is 12.2 Å². The van der Waals surface area contributed by atoms with Crippen LogP contribution in [0.4, 0.5) is 0 Å². The third-order valence-corrected chi connectivity index (χ3v) is 3.27. The summed E-state index contributed by atoms with van der Waals surface area (Å²) in [5.74, 6) is 1.69. The van der Waals surface area contributed by atoms with Crippen LogP contribution < -0.4 is 5.32 Å². The standard InChI is InChI=1S/C13H26N2/c1-10(2)14-6-11(3)7-15-8-12(4)13(5)9-15/h10,12-14H,3,6-9H2,1-2,4-5H3. The summed E-state index contributed by atoms with van der Waals surface area (Å²) in [6, 6.07) is 0.554. The van der Waals surface area contributed by atoms with E-state index in [0.29, 0.717) is 6.04 Å². The lowest BCUT2D eigenvalue weighted by Gasteiger charge is -2.18. The third-order valence-electron chi connectivity index (χ3n) is 3.27. The van der Waals surface area contributed by atoms with Gasteiger partial charge < -0.3 is 5.32 Å². The molecule has 0 aliphatic carbocycles. The number of nitrogens with zero attached hydrogens (tertiary/aromatic N) is 1. The summed E-state index contributed by atoms with van der Waals surface area (Å²) >= 11 is 0. The van der Waals surface area contributed by atoms with Crippen LogP contribution >= 0.6 is 0 Å². The van der Waals surface area contributed by atoms with Crippen LogP contribution in [0, 0.1) is 11.8 Å². The van der Waals surface area contributed by atoms with Gasteiger partial charge in [-0.3, -0.25) is 4.90 Å². The Labute approximate surface area is 94.7 Å². The minimum atomic E-state index is 0.554. The molecule has 1 aliphatic rings. The summed E-state index contributed by atoms with van der Waals surface area (Å²) in [4.78, 5) is 2.53. The predicted molar refractivity (Wildman–Crippen MR) is 67.0 cm³/mol. The van der Waals surface area contributed by atoms with E-state index in [1.54, 1.807) is 0 Å². The summed E-state index contributed by atoms with van der Waals surface area (Å²) in [7, 11) is 0. The minimum Gasteiger partial charge on any atom is -0.311 e. The van der Waals surface area contributed by atoms with Crippen molar-refractivity contribution in [2.75, 3.05) is 26.2 Å². The van der Waals surface area contributed by atoms with Crippen molar-refractivity contribution in [2.24, 2.45) is 11.8 Å². The van der Waals surface area contributed by atoms with E-state index in [9.17, 15) is 0 Å². The Balaban J connectivity index is 2.21. The van der Waals surface area contributed by atoms with Crippen molar-refractivity contribution < 1.29 is 0 Å². The van der Waals surface area contributed by atoms with Crippen LogP contribution in [0.1, 0.15) is 27.7 Å². The Morgan fingerprint density at radius 2 is 1.87 bits per heavy atom. The zero-order valence-corrected chi connectivity index (χ0v) is 10.7. The number of likely N-dealkylation sites (tertiary alicyclic amines) is 1. The van der Waals surface area contributed by atoms with Gasteiger partial charge in [0.2, 0.25) is 0 Å². The van der Waals surface area contributed by atoms with Crippen molar-refractivity contribution in [2.45, 2.75) is 33.7 Å². The Bertz CT molecular complexity index is 201. The van der Waals surface area contributed by atoms with Crippen LogP contribution in [0.25, 0.3) is 0 Å². The first-order valence-corrected chi connectivity index (χ1v) is 6.11. The molecule has 0 radical (unpaired) electrons. The average Bonchev–Trinajstić information content (AvgIpc) is 2.42. The second-order valence-electron chi connectivity index (χ2n) is 5.43. The van der Waals surface area contributed by atoms with Gasteiger partial charge in [-0.2, -0.15) is 0 Å². The highest BCUT2D eigenvalue weighted by Gasteiger charge is 2.25. The van der Waals surface area contributed by atoms with E-state index >= 15 is 0 Å². The molecule has 88 valence electrons. The lowest BCUT2D eigenvalue weighted by atomic mass is 10.0. The first kappa shape index (κ1) is 12.7. The number of rotatable bonds is 5. The highest BCUT2D eigenvalue weighted by molar-refractivity contribution is 5.01. The average molecular weight is 210 g/mol. The molecule has 1 heterocycles.